The fourth-order valence-electron chi connectivity index (χ4n) is 2.95. The molecule has 28 heavy (non-hydrogen) atoms. The number of halogens is 1. The van der Waals surface area contributed by atoms with E-state index in [1.807, 2.05) is 6.92 Å². The summed E-state index contributed by atoms with van der Waals surface area (Å²) in [7, 11) is 0. The SMILES string of the molecule is CC(Nc1cc(N)nc(N)n1)c1nc2cccc(Cl)c2c(=O)n1-c1ccn[nH]1. The smallest absolute Gasteiger partial charge is 0.268 e. The van der Waals surface area contributed by atoms with E-state index in [1.54, 1.807) is 36.5 Å². The number of rotatable bonds is 4. The average Bonchev–Trinajstić information content (AvgIpc) is 3.14. The van der Waals surface area contributed by atoms with Crippen molar-refractivity contribution in [2.75, 3.05) is 16.8 Å². The topological polar surface area (TPSA) is 153 Å². The maximum atomic E-state index is 13.2. The van der Waals surface area contributed by atoms with Crippen LogP contribution in [0.3, 0.4) is 0 Å². The second kappa shape index (κ2) is 6.82. The van der Waals surface area contributed by atoms with Gasteiger partial charge in [-0.05, 0) is 19.1 Å². The van der Waals surface area contributed by atoms with Crippen LogP contribution in [0.5, 0.6) is 0 Å². The van der Waals surface area contributed by atoms with Gasteiger partial charge in [-0.25, -0.2) is 9.55 Å². The van der Waals surface area contributed by atoms with Crippen LogP contribution < -0.4 is 22.3 Å². The van der Waals surface area contributed by atoms with Gasteiger partial charge in [0, 0.05) is 12.1 Å². The van der Waals surface area contributed by atoms with Crippen molar-refractivity contribution in [3.8, 4) is 5.82 Å². The van der Waals surface area contributed by atoms with E-state index in [0.717, 1.165) is 0 Å². The van der Waals surface area contributed by atoms with E-state index in [0.29, 0.717) is 33.4 Å². The molecule has 0 radical (unpaired) electrons. The molecule has 0 aliphatic carbocycles. The number of fused-ring (bicyclic) bond motifs is 1. The van der Waals surface area contributed by atoms with Gasteiger partial charge in [-0.2, -0.15) is 15.1 Å². The molecule has 0 bridgehead atoms. The number of aromatic amines is 1. The highest BCUT2D eigenvalue weighted by Gasteiger charge is 2.20. The van der Waals surface area contributed by atoms with E-state index >= 15 is 0 Å². The molecular weight excluding hydrogens is 382 g/mol. The van der Waals surface area contributed by atoms with Crippen LogP contribution in [-0.4, -0.2) is 29.7 Å². The van der Waals surface area contributed by atoms with Gasteiger partial charge in [-0.1, -0.05) is 17.7 Å². The zero-order valence-electron chi connectivity index (χ0n) is 14.7. The number of H-pyrrole nitrogens is 1. The minimum Gasteiger partial charge on any atom is -0.383 e. The summed E-state index contributed by atoms with van der Waals surface area (Å²) in [6.07, 6.45) is 1.55. The van der Waals surface area contributed by atoms with E-state index in [-0.39, 0.29) is 17.3 Å². The Kier molecular flexibility index (Phi) is 4.32. The lowest BCUT2D eigenvalue weighted by Crippen LogP contribution is -2.28. The summed E-state index contributed by atoms with van der Waals surface area (Å²) in [6, 6.07) is 7.90. The van der Waals surface area contributed by atoms with Crippen LogP contribution in [0.4, 0.5) is 17.6 Å². The molecule has 0 spiro atoms. The standard InChI is InChI=1S/C17H16ClN9O/c1-8(22-12-7-11(19)24-17(20)25-12)15-23-10-4-2-3-9(18)14(10)16(28)27(15)13-5-6-21-26-13/h2-8H,1H3,(H,21,26)(H5,19,20,22,24,25). The molecule has 0 fully saturated rings. The van der Waals surface area contributed by atoms with Crippen LogP contribution in [0.25, 0.3) is 16.7 Å². The van der Waals surface area contributed by atoms with Gasteiger partial charge < -0.3 is 16.8 Å². The Balaban J connectivity index is 1.90. The highest BCUT2D eigenvalue weighted by molar-refractivity contribution is 6.35. The van der Waals surface area contributed by atoms with E-state index in [9.17, 15) is 4.79 Å². The van der Waals surface area contributed by atoms with E-state index in [1.165, 1.54) is 4.57 Å². The van der Waals surface area contributed by atoms with Gasteiger partial charge in [-0.3, -0.25) is 9.89 Å². The van der Waals surface area contributed by atoms with Crippen LogP contribution in [0.2, 0.25) is 5.02 Å². The highest BCUT2D eigenvalue weighted by Crippen LogP contribution is 2.24. The quantitative estimate of drug-likeness (QED) is 0.407. The summed E-state index contributed by atoms with van der Waals surface area (Å²) in [4.78, 5) is 25.8. The molecule has 1 aromatic carbocycles. The zero-order chi connectivity index (χ0) is 19.8. The molecule has 0 saturated heterocycles. The Morgan fingerprint density at radius 2 is 2.04 bits per heavy atom. The minimum atomic E-state index is -0.437. The normalized spacial score (nSPS) is 12.2. The van der Waals surface area contributed by atoms with Gasteiger partial charge in [-0.15, -0.1) is 0 Å². The van der Waals surface area contributed by atoms with Crippen molar-refractivity contribution in [3.05, 3.63) is 57.7 Å². The molecule has 0 amide bonds. The predicted molar refractivity (Wildman–Crippen MR) is 107 cm³/mol. The minimum absolute atomic E-state index is 0.0407. The first-order chi connectivity index (χ1) is 13.4. The van der Waals surface area contributed by atoms with E-state index < -0.39 is 6.04 Å². The Morgan fingerprint density at radius 3 is 2.75 bits per heavy atom. The maximum absolute atomic E-state index is 13.2. The monoisotopic (exact) mass is 397 g/mol. The van der Waals surface area contributed by atoms with Crippen LogP contribution in [0.15, 0.2) is 41.3 Å². The maximum Gasteiger partial charge on any atom is 0.268 e. The van der Waals surface area contributed by atoms with Gasteiger partial charge in [0.1, 0.15) is 23.3 Å². The molecule has 3 aromatic heterocycles. The molecule has 4 rings (SSSR count). The largest absolute Gasteiger partial charge is 0.383 e. The van der Waals surface area contributed by atoms with Gasteiger partial charge in [0.15, 0.2) is 0 Å². The second-order valence-electron chi connectivity index (χ2n) is 6.09. The third-order valence-electron chi connectivity index (χ3n) is 4.11. The first kappa shape index (κ1) is 17.7. The Bertz CT molecular complexity index is 1200. The number of benzene rings is 1. The van der Waals surface area contributed by atoms with Gasteiger partial charge in [0.2, 0.25) is 5.95 Å². The number of nitrogens with one attached hydrogen (secondary N) is 2. The van der Waals surface area contributed by atoms with Crippen molar-refractivity contribution in [2.45, 2.75) is 13.0 Å². The van der Waals surface area contributed by atoms with Crippen molar-refractivity contribution < 1.29 is 0 Å². The summed E-state index contributed by atoms with van der Waals surface area (Å²) in [5, 5.41) is 10.5. The third kappa shape index (κ3) is 3.09. The van der Waals surface area contributed by atoms with Crippen LogP contribution in [-0.2, 0) is 0 Å². The average molecular weight is 398 g/mol. The summed E-state index contributed by atoms with van der Waals surface area (Å²) in [6.45, 7) is 1.83. The molecule has 0 saturated carbocycles. The van der Waals surface area contributed by atoms with Gasteiger partial charge in [0.05, 0.1) is 28.2 Å². The van der Waals surface area contributed by atoms with Gasteiger partial charge in [0.25, 0.3) is 5.56 Å². The van der Waals surface area contributed by atoms with Crippen molar-refractivity contribution >= 4 is 40.1 Å². The van der Waals surface area contributed by atoms with Crippen molar-refractivity contribution in [3.63, 3.8) is 0 Å². The molecule has 142 valence electrons. The molecule has 4 aromatic rings. The van der Waals surface area contributed by atoms with Crippen molar-refractivity contribution in [1.82, 2.24) is 29.7 Å². The number of nitrogens with two attached hydrogens (primary N) is 2. The number of nitrogen functional groups attached to an aromatic ring is 2. The molecule has 6 N–H and O–H groups in total. The summed E-state index contributed by atoms with van der Waals surface area (Å²) in [5.74, 6) is 1.57. The van der Waals surface area contributed by atoms with Gasteiger partial charge >= 0.3 is 0 Å². The van der Waals surface area contributed by atoms with Crippen LogP contribution in [0.1, 0.15) is 18.8 Å². The molecule has 1 unspecified atom stereocenters. The molecule has 11 heteroatoms. The van der Waals surface area contributed by atoms with Crippen LogP contribution in [0, 0.1) is 0 Å². The molecule has 3 heterocycles. The predicted octanol–water partition coefficient (Wildman–Crippen LogP) is 1.89. The Morgan fingerprint density at radius 1 is 1.21 bits per heavy atom. The van der Waals surface area contributed by atoms with E-state index in [4.69, 9.17) is 23.1 Å². The number of anilines is 3. The number of hydrogen-bond donors (Lipinski definition) is 4. The number of aromatic nitrogens is 6. The fraction of sp³-hybridized carbons (Fsp3) is 0.118. The Labute approximate surface area is 163 Å². The second-order valence-corrected chi connectivity index (χ2v) is 6.50. The van der Waals surface area contributed by atoms with E-state index in [2.05, 4.69) is 30.5 Å². The first-order valence-electron chi connectivity index (χ1n) is 8.31. The summed E-state index contributed by atoms with van der Waals surface area (Å²) >= 11 is 6.25. The highest BCUT2D eigenvalue weighted by atomic mass is 35.5. The summed E-state index contributed by atoms with van der Waals surface area (Å²) < 4.78 is 1.42. The lowest BCUT2D eigenvalue weighted by molar-refractivity contribution is 0.720. The Hall–Kier alpha value is -3.66. The molecular formula is C17H16ClN9O. The molecule has 1 atom stereocenters. The summed E-state index contributed by atoms with van der Waals surface area (Å²) in [5.41, 5.74) is 11.6. The lowest BCUT2D eigenvalue weighted by atomic mass is 10.2. The zero-order valence-corrected chi connectivity index (χ0v) is 15.5. The number of hydrogen-bond acceptors (Lipinski definition) is 8. The third-order valence-corrected chi connectivity index (χ3v) is 4.43. The van der Waals surface area contributed by atoms with Crippen molar-refractivity contribution in [1.29, 1.82) is 0 Å². The van der Waals surface area contributed by atoms with Crippen LogP contribution >= 0.6 is 11.6 Å². The number of nitrogens with zero attached hydrogens (tertiary/aromatic N) is 5. The molecule has 10 nitrogen and oxygen atoms in total. The molecule has 0 aliphatic heterocycles. The van der Waals surface area contributed by atoms with Crippen molar-refractivity contribution in [2.24, 2.45) is 0 Å². The lowest BCUT2D eigenvalue weighted by Gasteiger charge is -2.19. The first-order valence-corrected chi connectivity index (χ1v) is 8.69. The molecule has 0 aliphatic rings. The fourth-order valence-corrected chi connectivity index (χ4v) is 3.20.